The number of ether oxygens (including phenoxy) is 1. The van der Waals surface area contributed by atoms with E-state index in [0.29, 0.717) is 32.1 Å². The number of nitrogens with zero attached hydrogens (tertiary/aromatic N) is 1. The minimum atomic E-state index is 0. The van der Waals surface area contributed by atoms with Gasteiger partial charge in [0, 0.05) is 30.7 Å². The zero-order valence-electron chi connectivity index (χ0n) is 15.6. The lowest BCUT2D eigenvalue weighted by Gasteiger charge is -2.18. The number of hydrogen-bond donors (Lipinski definition) is 3. The topological polar surface area (TPSA) is 74.8 Å². The first-order valence-electron chi connectivity index (χ1n) is 8.89. The van der Waals surface area contributed by atoms with Gasteiger partial charge in [0.1, 0.15) is 12.4 Å². The summed E-state index contributed by atoms with van der Waals surface area (Å²) in [4.78, 5) is 15.6. The summed E-state index contributed by atoms with van der Waals surface area (Å²) in [5, 5.41) is 10.0. The van der Waals surface area contributed by atoms with Crippen LogP contribution in [0.15, 0.2) is 47.5 Å². The molecule has 2 aromatic carbocycles. The molecule has 3 rings (SSSR count). The summed E-state index contributed by atoms with van der Waals surface area (Å²) < 4.78 is 5.80. The molecule has 0 atom stereocenters. The Morgan fingerprint density at radius 2 is 2.04 bits per heavy atom. The normalized spacial score (nSPS) is 13.1. The van der Waals surface area contributed by atoms with Crippen molar-refractivity contribution in [2.75, 3.05) is 25.5 Å². The maximum atomic E-state index is 11.4. The number of benzene rings is 2. The van der Waals surface area contributed by atoms with Crippen LogP contribution < -0.4 is 20.7 Å². The third-order valence-corrected chi connectivity index (χ3v) is 4.63. The Morgan fingerprint density at radius 3 is 2.82 bits per heavy atom. The zero-order chi connectivity index (χ0) is 19.1. The Bertz CT molecular complexity index is 845. The number of carbonyl (C=O) groups is 1. The molecule has 150 valence electrons. The molecular weight excluding hydrogens is 491 g/mol. The number of anilines is 1. The van der Waals surface area contributed by atoms with Crippen molar-refractivity contribution in [1.29, 1.82) is 0 Å². The van der Waals surface area contributed by atoms with Crippen LogP contribution in [-0.4, -0.2) is 32.1 Å². The number of rotatable bonds is 6. The number of hydrogen-bond acceptors (Lipinski definition) is 3. The van der Waals surface area contributed by atoms with Gasteiger partial charge in [0.25, 0.3) is 0 Å². The summed E-state index contributed by atoms with van der Waals surface area (Å²) in [5.74, 6) is 1.55. The molecule has 1 aliphatic heterocycles. The van der Waals surface area contributed by atoms with Gasteiger partial charge in [0.05, 0.1) is 6.54 Å². The second-order valence-electron chi connectivity index (χ2n) is 6.16. The molecule has 1 heterocycles. The highest BCUT2D eigenvalue weighted by Gasteiger charge is 2.14. The van der Waals surface area contributed by atoms with Crippen molar-refractivity contribution in [3.63, 3.8) is 0 Å². The van der Waals surface area contributed by atoms with Gasteiger partial charge in [-0.1, -0.05) is 29.8 Å². The van der Waals surface area contributed by atoms with Crippen molar-refractivity contribution >= 4 is 53.1 Å². The molecule has 0 aliphatic carbocycles. The molecule has 28 heavy (non-hydrogen) atoms. The lowest BCUT2D eigenvalue weighted by atomic mass is 10.0. The van der Waals surface area contributed by atoms with Gasteiger partial charge in [-0.25, -0.2) is 0 Å². The van der Waals surface area contributed by atoms with Crippen LogP contribution in [-0.2, 0) is 17.8 Å². The van der Waals surface area contributed by atoms with Crippen molar-refractivity contribution in [3.05, 3.63) is 58.6 Å². The van der Waals surface area contributed by atoms with Crippen molar-refractivity contribution in [3.8, 4) is 5.75 Å². The van der Waals surface area contributed by atoms with Gasteiger partial charge >= 0.3 is 0 Å². The van der Waals surface area contributed by atoms with E-state index < -0.39 is 0 Å². The molecule has 0 unspecified atom stereocenters. The molecule has 0 aromatic heterocycles. The van der Waals surface area contributed by atoms with Crippen LogP contribution in [0.5, 0.6) is 5.75 Å². The summed E-state index contributed by atoms with van der Waals surface area (Å²) in [7, 11) is 1.72. The Hall–Kier alpha value is -2.00. The molecule has 2 aromatic rings. The van der Waals surface area contributed by atoms with Crippen molar-refractivity contribution < 1.29 is 9.53 Å². The van der Waals surface area contributed by atoms with Crippen LogP contribution in [0, 0.1) is 0 Å². The summed E-state index contributed by atoms with van der Waals surface area (Å²) in [5.41, 5.74) is 3.00. The Morgan fingerprint density at radius 1 is 1.21 bits per heavy atom. The fourth-order valence-corrected chi connectivity index (χ4v) is 3.03. The Labute approximate surface area is 187 Å². The number of fused-ring (bicyclic) bond motifs is 1. The maximum absolute atomic E-state index is 11.4. The molecule has 0 radical (unpaired) electrons. The molecule has 8 heteroatoms. The quantitative estimate of drug-likeness (QED) is 0.238. The number of amides is 1. The lowest BCUT2D eigenvalue weighted by Crippen LogP contribution is -2.38. The first-order valence-corrected chi connectivity index (χ1v) is 9.27. The van der Waals surface area contributed by atoms with E-state index in [4.69, 9.17) is 16.3 Å². The predicted octanol–water partition coefficient (Wildman–Crippen LogP) is 3.59. The van der Waals surface area contributed by atoms with E-state index in [0.717, 1.165) is 34.0 Å². The van der Waals surface area contributed by atoms with Crippen LogP contribution in [0.25, 0.3) is 0 Å². The van der Waals surface area contributed by atoms with Crippen molar-refractivity contribution in [2.24, 2.45) is 4.99 Å². The number of halogens is 2. The average molecular weight is 515 g/mol. The number of carbonyl (C=O) groups excluding carboxylic acids is 1. The van der Waals surface area contributed by atoms with E-state index in [9.17, 15) is 4.79 Å². The van der Waals surface area contributed by atoms with E-state index in [2.05, 4.69) is 20.9 Å². The molecule has 0 fully saturated rings. The van der Waals surface area contributed by atoms with Gasteiger partial charge in [-0.3, -0.25) is 9.79 Å². The van der Waals surface area contributed by atoms with Gasteiger partial charge in [-0.05, 0) is 41.8 Å². The van der Waals surface area contributed by atoms with Gasteiger partial charge in [0.15, 0.2) is 5.96 Å². The lowest BCUT2D eigenvalue weighted by molar-refractivity contribution is -0.116. The number of aliphatic imine (C=N–C) groups is 1. The van der Waals surface area contributed by atoms with E-state index in [1.54, 1.807) is 7.05 Å². The van der Waals surface area contributed by atoms with Crippen LogP contribution in [0.4, 0.5) is 5.69 Å². The third kappa shape index (κ3) is 6.27. The zero-order valence-corrected chi connectivity index (χ0v) is 18.7. The fraction of sp³-hybridized carbons (Fsp3) is 0.300. The molecule has 0 saturated carbocycles. The first kappa shape index (κ1) is 22.3. The van der Waals surface area contributed by atoms with Crippen LogP contribution in [0.2, 0.25) is 5.02 Å². The molecule has 0 spiro atoms. The summed E-state index contributed by atoms with van der Waals surface area (Å²) in [6.07, 6.45) is 1.26. The van der Waals surface area contributed by atoms with E-state index in [1.807, 2.05) is 42.5 Å². The minimum Gasteiger partial charge on any atom is -0.492 e. The molecule has 0 saturated heterocycles. The average Bonchev–Trinajstić information content (AvgIpc) is 2.68. The SMILES string of the molecule is CN=C(NCCOc1ccc2c(c1)CCC(=O)N2)NCc1ccccc1Cl.I. The third-order valence-electron chi connectivity index (χ3n) is 4.26. The predicted molar refractivity (Wildman–Crippen MR) is 124 cm³/mol. The molecule has 0 bridgehead atoms. The van der Waals surface area contributed by atoms with E-state index in [-0.39, 0.29) is 29.9 Å². The van der Waals surface area contributed by atoms with Crippen LogP contribution >= 0.6 is 35.6 Å². The van der Waals surface area contributed by atoms with Crippen molar-refractivity contribution in [1.82, 2.24) is 10.6 Å². The van der Waals surface area contributed by atoms with Crippen molar-refractivity contribution in [2.45, 2.75) is 19.4 Å². The highest BCUT2D eigenvalue weighted by Crippen LogP contribution is 2.26. The second-order valence-corrected chi connectivity index (χ2v) is 6.57. The Kier molecular flexibility index (Phi) is 8.85. The van der Waals surface area contributed by atoms with Gasteiger partial charge in [0.2, 0.25) is 5.91 Å². The highest BCUT2D eigenvalue weighted by atomic mass is 127. The summed E-state index contributed by atoms with van der Waals surface area (Å²) in [6.45, 7) is 1.70. The van der Waals surface area contributed by atoms with Gasteiger partial charge in [-0.15, -0.1) is 24.0 Å². The smallest absolute Gasteiger partial charge is 0.224 e. The van der Waals surface area contributed by atoms with Crippen LogP contribution in [0.3, 0.4) is 0 Å². The second kappa shape index (κ2) is 11.1. The van der Waals surface area contributed by atoms with E-state index >= 15 is 0 Å². The minimum absolute atomic E-state index is 0. The summed E-state index contributed by atoms with van der Waals surface area (Å²) >= 11 is 6.16. The standard InChI is InChI=1S/C20H23ClN4O2.HI/c1-22-20(24-13-15-4-2-3-5-17(15)21)23-10-11-27-16-7-8-18-14(12-16)6-9-19(26)25-18;/h2-5,7-8,12H,6,9-11,13H2,1H3,(H,25,26)(H2,22,23,24);1H. The molecule has 6 nitrogen and oxygen atoms in total. The molecular formula is C20H24ClIN4O2. The maximum Gasteiger partial charge on any atom is 0.224 e. The van der Waals surface area contributed by atoms with Gasteiger partial charge < -0.3 is 20.7 Å². The Balaban J connectivity index is 0.00000280. The molecule has 3 N–H and O–H groups in total. The highest BCUT2D eigenvalue weighted by molar-refractivity contribution is 14.0. The number of aryl methyl sites for hydroxylation is 1. The summed E-state index contributed by atoms with van der Waals surface area (Å²) in [6, 6.07) is 13.5. The van der Waals surface area contributed by atoms with E-state index in [1.165, 1.54) is 0 Å². The first-order chi connectivity index (χ1) is 13.2. The number of guanidine groups is 1. The largest absolute Gasteiger partial charge is 0.492 e. The fourth-order valence-electron chi connectivity index (χ4n) is 2.83. The van der Waals surface area contributed by atoms with Crippen LogP contribution in [0.1, 0.15) is 17.5 Å². The molecule has 1 amide bonds. The number of nitrogens with one attached hydrogen (secondary N) is 3. The van der Waals surface area contributed by atoms with Gasteiger partial charge in [-0.2, -0.15) is 0 Å². The molecule has 1 aliphatic rings. The monoisotopic (exact) mass is 514 g/mol.